The Balaban J connectivity index is 2.23. The van der Waals surface area contributed by atoms with E-state index in [9.17, 15) is 4.79 Å². The van der Waals surface area contributed by atoms with Crippen molar-refractivity contribution in [2.24, 2.45) is 11.5 Å². The van der Waals surface area contributed by atoms with E-state index >= 15 is 0 Å². The summed E-state index contributed by atoms with van der Waals surface area (Å²) in [6, 6.07) is 12.3. The van der Waals surface area contributed by atoms with Gasteiger partial charge < -0.3 is 16.2 Å². The van der Waals surface area contributed by atoms with E-state index < -0.39 is 5.91 Å². The number of ether oxygens (including phenoxy) is 1. The van der Waals surface area contributed by atoms with Crippen LogP contribution in [0.25, 0.3) is 0 Å². The molecule has 0 unspecified atom stereocenters. The molecule has 0 aromatic heterocycles. The average molecular weight is 321 g/mol. The normalized spacial score (nSPS) is 10.2. The summed E-state index contributed by atoms with van der Waals surface area (Å²) in [5, 5.41) is 0. The van der Waals surface area contributed by atoms with E-state index in [4.69, 9.17) is 16.2 Å². The van der Waals surface area contributed by atoms with E-state index in [1.165, 1.54) is 0 Å². The number of nitrogens with two attached hydrogens (primary N) is 2. The number of carbonyl (C=O) groups excluding carboxylic acids is 1. The van der Waals surface area contributed by atoms with Crippen molar-refractivity contribution >= 4 is 21.8 Å². The third-order valence-corrected chi connectivity index (χ3v) is 3.10. The van der Waals surface area contributed by atoms with Gasteiger partial charge in [-0.1, -0.05) is 15.9 Å². The minimum Gasteiger partial charge on any atom is -0.457 e. The predicted molar refractivity (Wildman–Crippen MR) is 77.1 cm³/mol. The Morgan fingerprint density at radius 1 is 1.16 bits per heavy atom. The highest BCUT2D eigenvalue weighted by molar-refractivity contribution is 9.10. The van der Waals surface area contributed by atoms with Gasteiger partial charge in [0.1, 0.15) is 11.5 Å². The SMILES string of the molecule is NCc1cc(Br)ccc1Oc1ccc(C(N)=O)cc1. The largest absolute Gasteiger partial charge is 0.457 e. The van der Waals surface area contributed by atoms with Crippen LogP contribution in [0.2, 0.25) is 0 Å². The van der Waals surface area contributed by atoms with Gasteiger partial charge in [0.2, 0.25) is 5.91 Å². The molecule has 0 saturated heterocycles. The van der Waals surface area contributed by atoms with Gasteiger partial charge in [-0.15, -0.1) is 0 Å². The molecule has 5 heteroatoms. The molecule has 2 aromatic carbocycles. The number of benzene rings is 2. The first-order valence-corrected chi connectivity index (χ1v) is 6.45. The molecule has 0 aliphatic carbocycles. The summed E-state index contributed by atoms with van der Waals surface area (Å²) >= 11 is 3.39. The average Bonchev–Trinajstić information content (AvgIpc) is 2.41. The van der Waals surface area contributed by atoms with Crippen LogP contribution in [0, 0.1) is 0 Å². The molecule has 4 N–H and O–H groups in total. The van der Waals surface area contributed by atoms with E-state index in [1.54, 1.807) is 24.3 Å². The molecule has 0 bridgehead atoms. The van der Waals surface area contributed by atoms with Gasteiger partial charge >= 0.3 is 0 Å². The lowest BCUT2D eigenvalue weighted by Crippen LogP contribution is -2.10. The second kappa shape index (κ2) is 5.86. The Morgan fingerprint density at radius 3 is 2.42 bits per heavy atom. The minimum atomic E-state index is -0.460. The Labute approximate surface area is 119 Å². The van der Waals surface area contributed by atoms with Gasteiger partial charge in [-0.25, -0.2) is 0 Å². The van der Waals surface area contributed by atoms with Crippen LogP contribution < -0.4 is 16.2 Å². The number of hydrogen-bond donors (Lipinski definition) is 2. The molecule has 2 rings (SSSR count). The first kappa shape index (κ1) is 13.6. The summed E-state index contributed by atoms with van der Waals surface area (Å²) in [6.45, 7) is 0.383. The fourth-order valence-electron chi connectivity index (χ4n) is 1.62. The third-order valence-electron chi connectivity index (χ3n) is 2.61. The molecule has 2 aromatic rings. The zero-order chi connectivity index (χ0) is 13.8. The van der Waals surface area contributed by atoms with Gasteiger partial charge in [0.15, 0.2) is 0 Å². The van der Waals surface area contributed by atoms with Crippen molar-refractivity contribution in [2.45, 2.75) is 6.54 Å². The molecule has 0 heterocycles. The lowest BCUT2D eigenvalue weighted by atomic mass is 10.2. The maximum absolute atomic E-state index is 11.0. The molecular weight excluding hydrogens is 308 g/mol. The molecule has 4 nitrogen and oxygen atoms in total. The lowest BCUT2D eigenvalue weighted by molar-refractivity contribution is 0.100. The van der Waals surface area contributed by atoms with Crippen molar-refractivity contribution < 1.29 is 9.53 Å². The zero-order valence-electron chi connectivity index (χ0n) is 10.1. The number of primary amides is 1. The van der Waals surface area contributed by atoms with Gasteiger partial charge in [0.05, 0.1) is 0 Å². The molecule has 0 radical (unpaired) electrons. The lowest BCUT2D eigenvalue weighted by Gasteiger charge is -2.10. The molecule has 0 fully saturated rings. The first-order chi connectivity index (χ1) is 9.10. The van der Waals surface area contributed by atoms with E-state index in [2.05, 4.69) is 15.9 Å². The highest BCUT2D eigenvalue weighted by atomic mass is 79.9. The third kappa shape index (κ3) is 3.33. The van der Waals surface area contributed by atoms with Crippen LogP contribution in [-0.4, -0.2) is 5.91 Å². The highest BCUT2D eigenvalue weighted by Crippen LogP contribution is 2.27. The summed E-state index contributed by atoms with van der Waals surface area (Å²) in [4.78, 5) is 11.0. The number of hydrogen-bond acceptors (Lipinski definition) is 3. The van der Waals surface area contributed by atoms with Gasteiger partial charge in [-0.2, -0.15) is 0 Å². The molecular formula is C14H13BrN2O2. The Morgan fingerprint density at radius 2 is 1.84 bits per heavy atom. The van der Waals surface area contributed by atoms with Crippen molar-refractivity contribution in [1.29, 1.82) is 0 Å². The van der Waals surface area contributed by atoms with Crippen molar-refractivity contribution in [3.05, 3.63) is 58.1 Å². The second-order valence-corrected chi connectivity index (χ2v) is 4.86. The molecule has 0 aliphatic heterocycles. The number of amides is 1. The summed E-state index contributed by atoms with van der Waals surface area (Å²) in [5.41, 5.74) is 12.2. The number of rotatable bonds is 4. The standard InChI is InChI=1S/C14H13BrN2O2/c15-11-3-6-13(10(7-11)8-16)19-12-4-1-9(2-5-12)14(17)18/h1-7H,8,16H2,(H2,17,18). The smallest absolute Gasteiger partial charge is 0.248 e. The molecule has 0 spiro atoms. The van der Waals surface area contributed by atoms with Gasteiger partial charge in [0.25, 0.3) is 0 Å². The molecule has 0 saturated carbocycles. The molecule has 0 aliphatic rings. The first-order valence-electron chi connectivity index (χ1n) is 5.66. The summed E-state index contributed by atoms with van der Waals surface area (Å²) in [6.07, 6.45) is 0. The van der Waals surface area contributed by atoms with Crippen LogP contribution in [0.1, 0.15) is 15.9 Å². The molecule has 98 valence electrons. The van der Waals surface area contributed by atoms with Crippen LogP contribution in [0.3, 0.4) is 0 Å². The Kier molecular flexibility index (Phi) is 4.19. The quantitative estimate of drug-likeness (QED) is 0.909. The molecule has 19 heavy (non-hydrogen) atoms. The number of halogens is 1. The van der Waals surface area contributed by atoms with Crippen molar-refractivity contribution in [2.75, 3.05) is 0 Å². The van der Waals surface area contributed by atoms with Crippen LogP contribution >= 0.6 is 15.9 Å². The maximum Gasteiger partial charge on any atom is 0.248 e. The fraction of sp³-hybridized carbons (Fsp3) is 0.0714. The topological polar surface area (TPSA) is 78.3 Å². The Hall–Kier alpha value is -1.85. The summed E-state index contributed by atoms with van der Waals surface area (Å²) in [7, 11) is 0. The van der Waals surface area contributed by atoms with Crippen molar-refractivity contribution in [3.8, 4) is 11.5 Å². The maximum atomic E-state index is 11.0. The van der Waals surface area contributed by atoms with Crippen LogP contribution in [0.5, 0.6) is 11.5 Å². The summed E-state index contributed by atoms with van der Waals surface area (Å²) < 4.78 is 6.69. The van der Waals surface area contributed by atoms with E-state index in [-0.39, 0.29) is 0 Å². The van der Waals surface area contributed by atoms with Crippen molar-refractivity contribution in [3.63, 3.8) is 0 Å². The van der Waals surface area contributed by atoms with Gasteiger partial charge in [-0.05, 0) is 42.5 Å². The van der Waals surface area contributed by atoms with E-state index in [0.29, 0.717) is 23.6 Å². The van der Waals surface area contributed by atoms with Crippen molar-refractivity contribution in [1.82, 2.24) is 0 Å². The van der Waals surface area contributed by atoms with Gasteiger partial charge in [-0.3, -0.25) is 4.79 Å². The number of carbonyl (C=O) groups is 1. The van der Waals surface area contributed by atoms with Gasteiger partial charge in [0, 0.05) is 22.1 Å². The second-order valence-electron chi connectivity index (χ2n) is 3.95. The minimum absolute atomic E-state index is 0.383. The Bertz CT molecular complexity index is 597. The summed E-state index contributed by atoms with van der Waals surface area (Å²) in [5.74, 6) is 0.859. The van der Waals surface area contributed by atoms with Crippen LogP contribution in [-0.2, 0) is 6.54 Å². The van der Waals surface area contributed by atoms with E-state index in [1.807, 2.05) is 18.2 Å². The predicted octanol–water partition coefficient (Wildman–Crippen LogP) is 2.80. The highest BCUT2D eigenvalue weighted by Gasteiger charge is 2.05. The molecule has 0 atom stereocenters. The molecule has 1 amide bonds. The van der Waals surface area contributed by atoms with E-state index in [0.717, 1.165) is 10.0 Å². The monoisotopic (exact) mass is 320 g/mol. The van der Waals surface area contributed by atoms with Crippen LogP contribution in [0.15, 0.2) is 46.9 Å². The zero-order valence-corrected chi connectivity index (χ0v) is 11.7. The van der Waals surface area contributed by atoms with Crippen LogP contribution in [0.4, 0.5) is 0 Å². The fourth-order valence-corrected chi connectivity index (χ4v) is 2.03.